The van der Waals surface area contributed by atoms with Crippen LogP contribution in [0, 0.1) is 122 Å². The van der Waals surface area contributed by atoms with Crippen molar-refractivity contribution < 1.29 is 37.9 Å². The molecule has 109 heavy (non-hydrogen) atoms. The topological polar surface area (TPSA) is 19.4 Å². The predicted molar refractivity (Wildman–Crippen MR) is 466 cm³/mol. The number of hydrogen-bond acceptors (Lipinski definition) is 0. The molecule has 5 heterocycles. The van der Waals surface area contributed by atoms with E-state index in [1.54, 1.807) is 24.3 Å². The summed E-state index contributed by atoms with van der Waals surface area (Å²) in [5.41, 5.74) is 35.5. The summed E-state index contributed by atoms with van der Waals surface area (Å²) in [6.45, 7) is 29.2. The first kappa shape index (κ1) is 65.3. The van der Waals surface area contributed by atoms with Crippen LogP contribution in [0.1, 0.15) is 143 Å². The molecule has 10 aromatic carbocycles. The first-order valence-electron chi connectivity index (χ1n) is 43.8. The van der Waals surface area contributed by atoms with E-state index in [2.05, 4.69) is 235 Å². The molecule has 0 saturated carbocycles. The van der Waals surface area contributed by atoms with Crippen molar-refractivity contribution in [2.24, 2.45) is 47.1 Å². The summed E-state index contributed by atoms with van der Waals surface area (Å²) in [7, 11) is 10.4. The lowest BCUT2D eigenvalue weighted by molar-refractivity contribution is -0.633. The normalized spacial score (nSPS) is 13.2. The maximum Gasteiger partial charge on any atom is 0.213 e. The molecule has 15 rings (SSSR count). The number of aryl methyl sites for hydroxylation is 17. The van der Waals surface area contributed by atoms with Crippen LogP contribution >= 0.6 is 0 Å². The molecular weight excluding hydrogens is 1320 g/mol. The third-order valence-corrected chi connectivity index (χ3v) is 21.8. The minimum atomic E-state index is -2.17. The molecule has 0 radical (unpaired) electrons. The van der Waals surface area contributed by atoms with Crippen LogP contribution in [0.25, 0.3) is 111 Å². The van der Waals surface area contributed by atoms with E-state index in [9.17, 15) is 0 Å². The average Bonchev–Trinajstić information content (AvgIpc) is 0.561. The van der Waals surface area contributed by atoms with Gasteiger partial charge in [0.2, 0.25) is 56.1 Å². The van der Waals surface area contributed by atoms with Crippen LogP contribution in [-0.2, 0) is 48.0 Å². The minimum Gasteiger partial charge on any atom is -0.194 e. The van der Waals surface area contributed by atoms with Gasteiger partial charge in [-0.1, -0.05) is 153 Å². The van der Waals surface area contributed by atoms with Crippen molar-refractivity contribution in [1.82, 2.24) is 0 Å². The Morgan fingerprint density at radius 3 is 1.11 bits per heavy atom. The Morgan fingerprint density at radius 2 is 0.651 bits per heavy atom. The lowest BCUT2D eigenvalue weighted by Crippen LogP contribution is -2.32. The zero-order chi connectivity index (χ0) is 87.9. The Labute approximate surface area is 668 Å². The monoisotopic (exact) mass is 1450 g/mol. The van der Waals surface area contributed by atoms with Gasteiger partial charge in [-0.3, -0.25) is 0 Å². The van der Waals surface area contributed by atoms with Gasteiger partial charge in [-0.05, 0) is 274 Å². The fourth-order valence-electron chi connectivity index (χ4n) is 15.8. The molecule has 0 unspecified atom stereocenters. The Morgan fingerprint density at radius 1 is 0.275 bits per heavy atom. The third-order valence-electron chi connectivity index (χ3n) is 21.8. The van der Waals surface area contributed by atoms with E-state index in [0.717, 1.165) is 89.9 Å². The van der Waals surface area contributed by atoms with Crippen LogP contribution in [0.2, 0.25) is 0 Å². The quantitative estimate of drug-likeness (QED) is 0.128. The first-order valence-corrected chi connectivity index (χ1v) is 38.3. The molecule has 5 heteroatoms. The van der Waals surface area contributed by atoms with Gasteiger partial charge in [0.05, 0.1) is 5.39 Å². The number of pyridine rings is 5. The van der Waals surface area contributed by atoms with Crippen LogP contribution in [0.4, 0.5) is 0 Å². The van der Waals surface area contributed by atoms with Crippen LogP contribution < -0.4 is 22.8 Å². The Balaban J connectivity index is 0.000000147. The molecule has 0 spiro atoms. The van der Waals surface area contributed by atoms with E-state index in [1.165, 1.54) is 105 Å². The van der Waals surface area contributed by atoms with E-state index in [1.807, 2.05) is 141 Å². The van der Waals surface area contributed by atoms with Crippen molar-refractivity contribution >= 4 is 54.5 Å². The van der Waals surface area contributed by atoms with Crippen molar-refractivity contribution in [3.8, 4) is 56.3 Å². The second kappa shape index (κ2) is 33.8. The summed E-state index contributed by atoms with van der Waals surface area (Å²) in [5, 5.41) is 5.97. The van der Waals surface area contributed by atoms with E-state index in [0.29, 0.717) is 28.2 Å². The van der Waals surface area contributed by atoms with Crippen LogP contribution in [0.15, 0.2) is 224 Å². The molecule has 0 aliphatic heterocycles. The summed E-state index contributed by atoms with van der Waals surface area (Å²) in [5.74, 6) is 0.515. The number of para-hydroxylation sites is 2. The predicted octanol–water partition coefficient (Wildman–Crippen LogP) is 24.0. The zero-order valence-electron chi connectivity index (χ0n) is 79.5. The molecule has 0 aliphatic rings. The fraction of sp³-hybridized carbons (Fsp3) is 0.279. The lowest BCUT2D eigenvalue weighted by atomic mass is 9.95. The second-order valence-corrected chi connectivity index (χ2v) is 31.0. The number of benzene rings is 10. The number of nitrogens with zero attached hydrogens (tertiary/aromatic N) is 5. The van der Waals surface area contributed by atoms with E-state index < -0.39 is 26.9 Å². The molecule has 0 aliphatic carbocycles. The van der Waals surface area contributed by atoms with E-state index in [4.69, 9.17) is 15.1 Å². The second-order valence-electron chi connectivity index (χ2n) is 31.0. The average molecular weight is 1450 g/mol. The molecule has 5 nitrogen and oxygen atoms in total. The highest BCUT2D eigenvalue weighted by molar-refractivity contribution is 5.86. The maximum atomic E-state index is 8.55. The van der Waals surface area contributed by atoms with Crippen molar-refractivity contribution in [3.63, 3.8) is 0 Å². The molecule has 0 amide bonds. The Hall–Kier alpha value is -10.8. The SMILES string of the molecule is Cc1cc(C)c(C)c(-c2cc(C)c3c(C)cccc3[n+]2C)c1.Cc1cc(C)c(C)c(-c2ccc3c(CC(C)C)cccc3[n+]2C)c1.[2H]C([2H])([2H])c1cc(C)cc(-c2ccc3c(C([2H])([2H])C(C)C)cccc3[n+]2C)c1C.[2H]C([2H])([2H])c1cc(C)cc(-c2ccc3ccccc3[n+]2C)c1C.[2H]C([2H])([2H])c1ccc(-c2ccc3ccccc3[n+]2C)c(C)c1. The van der Waals surface area contributed by atoms with Crippen molar-refractivity contribution in [3.05, 3.63) is 325 Å². The van der Waals surface area contributed by atoms with Gasteiger partial charge in [0.15, 0.2) is 0 Å². The summed E-state index contributed by atoms with van der Waals surface area (Å²) in [6.07, 6.45) is -0.318. The van der Waals surface area contributed by atoms with Gasteiger partial charge < -0.3 is 0 Å². The lowest BCUT2D eigenvalue weighted by Gasteiger charge is -2.12. The van der Waals surface area contributed by atoms with Crippen LogP contribution in [0.5, 0.6) is 0 Å². The molecule has 0 atom stereocenters. The number of fused-ring (bicyclic) bond motifs is 5. The van der Waals surface area contributed by atoms with Gasteiger partial charge in [-0.15, -0.1) is 0 Å². The molecule has 0 saturated heterocycles. The largest absolute Gasteiger partial charge is 0.213 e. The number of rotatable bonds is 9. The molecule has 0 bridgehead atoms. The Kier molecular flexibility index (Phi) is 20.3. The summed E-state index contributed by atoms with van der Waals surface area (Å²) in [4.78, 5) is 0. The summed E-state index contributed by atoms with van der Waals surface area (Å²) >= 11 is 0. The fourth-order valence-corrected chi connectivity index (χ4v) is 15.8. The molecular formula is C104H118N5+5. The molecule has 5 aromatic heterocycles. The third kappa shape index (κ3) is 17.2. The van der Waals surface area contributed by atoms with Gasteiger partial charge in [-0.25, -0.2) is 0 Å². The summed E-state index contributed by atoms with van der Waals surface area (Å²) < 4.78 is 97.6. The van der Waals surface area contributed by atoms with Crippen molar-refractivity contribution in [2.45, 2.75) is 151 Å². The van der Waals surface area contributed by atoms with Crippen molar-refractivity contribution in [2.75, 3.05) is 0 Å². The van der Waals surface area contributed by atoms with Crippen molar-refractivity contribution in [1.29, 1.82) is 0 Å². The molecule has 0 N–H and O–H groups in total. The van der Waals surface area contributed by atoms with Gasteiger partial charge in [0.1, 0.15) is 35.2 Å². The number of aromatic nitrogens is 5. The molecule has 15 aromatic rings. The zero-order valence-corrected chi connectivity index (χ0v) is 68.5. The van der Waals surface area contributed by atoms with E-state index >= 15 is 0 Å². The van der Waals surface area contributed by atoms with Gasteiger partial charge in [0, 0.05) is 125 Å². The highest BCUT2D eigenvalue weighted by Crippen LogP contribution is 2.34. The van der Waals surface area contributed by atoms with Crippen LogP contribution in [-0.4, -0.2) is 0 Å². The van der Waals surface area contributed by atoms with E-state index in [-0.39, 0.29) is 5.92 Å². The van der Waals surface area contributed by atoms with Gasteiger partial charge >= 0.3 is 0 Å². The smallest absolute Gasteiger partial charge is 0.194 e. The van der Waals surface area contributed by atoms with Crippen LogP contribution in [0.3, 0.4) is 0 Å². The standard InChI is InChI=1S/2C23H28N.C21H24N.C19H20N.C18H18N/c2*1-15(2)12-19-8-7-9-22-20(19)10-11-23(24(22)6)21-14-16(3)13-17(4)18(21)5;1-13-10-15(3)17(5)18(11-13)20-12-16(4)21-14(2)8-7-9-19(21)22(20)6;1-13-11-14(2)15(3)17(12-13)19-10-9-16-7-5-6-8-18(16)20(19)4;1-13-8-10-16(14(2)12-13)18-11-9-15-6-4-5-7-17(15)19(18)3/h2*7-11,13-15H,12H2,1-6H3;7-12H,1-6H3;5-12H,1-4H3;4-12H,1-3H3/q5*+1/i4D3,12D2;;;2D3;1D3. The number of hydrogen-bond donors (Lipinski definition) is 0. The molecule has 554 valence electrons. The Bertz CT molecular complexity index is 6420. The maximum absolute atomic E-state index is 8.55. The minimum absolute atomic E-state index is 0.154. The van der Waals surface area contributed by atoms with Gasteiger partial charge in [0.25, 0.3) is 0 Å². The summed E-state index contributed by atoms with van der Waals surface area (Å²) in [6, 6.07) is 76.7. The highest BCUT2D eigenvalue weighted by atomic mass is 15.0. The van der Waals surface area contributed by atoms with Gasteiger partial charge in [-0.2, -0.15) is 22.8 Å². The highest BCUT2D eigenvalue weighted by Gasteiger charge is 2.24. The first-order chi connectivity index (χ1) is 56.3. The molecule has 0 fully saturated rings.